The van der Waals surface area contributed by atoms with Crippen LogP contribution in [0, 0.1) is 0 Å². The van der Waals surface area contributed by atoms with Gasteiger partial charge in [0.1, 0.15) is 0 Å². The van der Waals surface area contributed by atoms with E-state index in [1.807, 2.05) is 0 Å². The number of hydrogen-bond acceptors (Lipinski definition) is 3. The molecule has 0 aliphatic heterocycles. The first-order valence-corrected chi connectivity index (χ1v) is 15.4. The quantitative estimate of drug-likeness (QED) is 0.148. The van der Waals surface area contributed by atoms with Crippen molar-refractivity contribution in [3.8, 4) is 0 Å². The van der Waals surface area contributed by atoms with Gasteiger partial charge in [0.05, 0.1) is 0 Å². The summed E-state index contributed by atoms with van der Waals surface area (Å²) >= 11 is 6.31. The molecule has 0 atom stereocenters. The van der Waals surface area contributed by atoms with E-state index in [1.54, 1.807) is 0 Å². The molecular formula is C24H54Cl4IrS3. The van der Waals surface area contributed by atoms with Crippen molar-refractivity contribution in [3.05, 3.63) is 0 Å². The topological polar surface area (TPSA) is 0 Å². The summed E-state index contributed by atoms with van der Waals surface area (Å²) in [5, 5.41) is 0. The van der Waals surface area contributed by atoms with Gasteiger partial charge in [0.15, 0.2) is 0 Å². The summed E-state index contributed by atoms with van der Waals surface area (Å²) in [6.45, 7) is 13.5. The number of halogens is 4. The van der Waals surface area contributed by atoms with Crippen LogP contribution in [0.1, 0.15) is 119 Å². The standard InChI is InChI=1S/3C8H18S.4ClH.Ir/c3*1-3-5-7-9-8-6-4-2;;;;;/h3*3-8H2,1-2H3;4*1H;/q;;;;;;;+4/p-4. The zero-order chi connectivity index (χ0) is 20.8. The Labute approximate surface area is 256 Å². The Bertz CT molecular complexity index is 170. The van der Waals surface area contributed by atoms with Gasteiger partial charge in [0, 0.05) is 0 Å². The minimum atomic E-state index is 0. The fraction of sp³-hybridized carbons (Fsp3) is 1.00. The van der Waals surface area contributed by atoms with Crippen LogP contribution in [0.25, 0.3) is 0 Å². The van der Waals surface area contributed by atoms with E-state index >= 15 is 0 Å². The van der Waals surface area contributed by atoms with Gasteiger partial charge in [-0.3, -0.25) is 0 Å². The first kappa shape index (κ1) is 55.4. The molecule has 0 amide bonds. The molecule has 0 spiro atoms. The minimum Gasteiger partial charge on any atom is -1.00 e. The van der Waals surface area contributed by atoms with Crippen molar-refractivity contribution in [1.29, 1.82) is 0 Å². The molecule has 0 unspecified atom stereocenters. The largest absolute Gasteiger partial charge is 4.00 e. The van der Waals surface area contributed by atoms with Crippen LogP contribution >= 0.6 is 35.3 Å². The second-order valence-corrected chi connectivity index (χ2v) is 10.6. The van der Waals surface area contributed by atoms with E-state index in [2.05, 4.69) is 76.8 Å². The van der Waals surface area contributed by atoms with E-state index < -0.39 is 0 Å². The van der Waals surface area contributed by atoms with Crippen LogP contribution in [-0.2, 0) is 20.1 Å². The number of hydrogen-bond donors (Lipinski definition) is 0. The maximum atomic E-state index is 2.25. The van der Waals surface area contributed by atoms with Crippen molar-refractivity contribution in [3.63, 3.8) is 0 Å². The molecule has 32 heavy (non-hydrogen) atoms. The molecule has 8 heteroatoms. The van der Waals surface area contributed by atoms with Gasteiger partial charge in [-0.05, 0) is 73.0 Å². The monoisotopic (exact) mass is 771 g/mol. The second kappa shape index (κ2) is 64.2. The molecule has 0 rings (SSSR count). The normalized spacial score (nSPS) is 8.44. The molecule has 205 valence electrons. The smallest absolute Gasteiger partial charge is 1.00 e. The molecule has 0 aromatic carbocycles. The van der Waals surface area contributed by atoms with E-state index in [0.29, 0.717) is 0 Å². The first-order valence-electron chi connectivity index (χ1n) is 12.0. The molecule has 0 aliphatic rings. The Kier molecular flexibility index (Phi) is 111. The molecule has 0 heterocycles. The Morgan fingerprint density at radius 2 is 0.438 bits per heavy atom. The zero-order valence-corrected chi connectivity index (χ0v) is 29.7. The predicted octanol–water partition coefficient (Wildman–Crippen LogP) is -2.03. The minimum absolute atomic E-state index is 0. The summed E-state index contributed by atoms with van der Waals surface area (Å²) in [4.78, 5) is 0. The molecule has 0 saturated carbocycles. The summed E-state index contributed by atoms with van der Waals surface area (Å²) in [5.74, 6) is 8.23. The molecule has 0 N–H and O–H groups in total. The molecule has 0 aliphatic carbocycles. The van der Waals surface area contributed by atoms with Gasteiger partial charge in [-0.2, -0.15) is 35.3 Å². The first-order chi connectivity index (χ1) is 13.2. The zero-order valence-electron chi connectivity index (χ0n) is 21.8. The molecule has 0 bridgehead atoms. The van der Waals surface area contributed by atoms with E-state index in [1.165, 1.54) is 112 Å². The van der Waals surface area contributed by atoms with E-state index in [4.69, 9.17) is 0 Å². The van der Waals surface area contributed by atoms with Crippen LogP contribution in [0.5, 0.6) is 0 Å². The van der Waals surface area contributed by atoms with Crippen molar-refractivity contribution >= 4 is 35.3 Å². The summed E-state index contributed by atoms with van der Waals surface area (Å²) < 4.78 is 0. The van der Waals surface area contributed by atoms with Gasteiger partial charge in [0.2, 0.25) is 0 Å². The fourth-order valence-corrected chi connectivity index (χ4v) is 5.35. The Hall–Kier alpha value is 2.86. The number of thioether (sulfide) groups is 3. The van der Waals surface area contributed by atoms with Crippen LogP contribution in [0.3, 0.4) is 0 Å². The van der Waals surface area contributed by atoms with E-state index in [0.717, 1.165) is 0 Å². The molecule has 0 aromatic rings. The molecule has 0 nitrogen and oxygen atoms in total. The molecule has 1 radical (unpaired) electrons. The second-order valence-electron chi connectivity index (χ2n) is 6.96. The van der Waals surface area contributed by atoms with Crippen LogP contribution in [0.2, 0.25) is 0 Å². The Morgan fingerprint density at radius 1 is 0.312 bits per heavy atom. The molecule has 0 aromatic heterocycles. The van der Waals surface area contributed by atoms with Crippen LogP contribution in [-0.4, -0.2) is 34.5 Å². The van der Waals surface area contributed by atoms with Crippen molar-refractivity contribution in [2.24, 2.45) is 0 Å². The predicted molar refractivity (Wildman–Crippen MR) is 141 cm³/mol. The van der Waals surface area contributed by atoms with Gasteiger partial charge in [0.25, 0.3) is 0 Å². The number of unbranched alkanes of at least 4 members (excludes halogenated alkanes) is 6. The van der Waals surface area contributed by atoms with Gasteiger partial charge in [-0.15, -0.1) is 0 Å². The van der Waals surface area contributed by atoms with Crippen LogP contribution in [0.4, 0.5) is 0 Å². The van der Waals surface area contributed by atoms with Gasteiger partial charge >= 0.3 is 20.1 Å². The van der Waals surface area contributed by atoms with Crippen molar-refractivity contribution in [2.75, 3.05) is 34.5 Å². The number of rotatable bonds is 18. The van der Waals surface area contributed by atoms with E-state index in [-0.39, 0.29) is 69.7 Å². The summed E-state index contributed by atoms with van der Waals surface area (Å²) in [6, 6.07) is 0. The maximum absolute atomic E-state index is 2.25. The Morgan fingerprint density at radius 3 is 0.531 bits per heavy atom. The summed E-state index contributed by atoms with van der Waals surface area (Å²) in [7, 11) is 0. The SMILES string of the molecule is CCCCSCCCC.CCCCSCCCC.CCCCSCCCC.[Cl-].[Cl-].[Cl-].[Cl-].[Ir+4]. The van der Waals surface area contributed by atoms with Gasteiger partial charge in [-0.25, -0.2) is 0 Å². The van der Waals surface area contributed by atoms with Crippen molar-refractivity contribution < 1.29 is 69.7 Å². The third-order valence-corrected chi connectivity index (χ3v) is 7.32. The summed E-state index contributed by atoms with van der Waals surface area (Å²) in [6.07, 6.45) is 16.5. The fourth-order valence-electron chi connectivity index (χ4n) is 1.78. The van der Waals surface area contributed by atoms with Crippen LogP contribution in [0.15, 0.2) is 0 Å². The van der Waals surface area contributed by atoms with Gasteiger partial charge in [-0.1, -0.05) is 80.1 Å². The molecule has 0 saturated heterocycles. The van der Waals surface area contributed by atoms with Gasteiger partial charge < -0.3 is 49.6 Å². The average Bonchev–Trinajstić information content (AvgIpc) is 2.69. The van der Waals surface area contributed by atoms with E-state index in [9.17, 15) is 0 Å². The van der Waals surface area contributed by atoms with Crippen molar-refractivity contribution in [2.45, 2.75) is 119 Å². The Balaban J connectivity index is -0.0000000417. The van der Waals surface area contributed by atoms with Crippen molar-refractivity contribution in [1.82, 2.24) is 0 Å². The maximum Gasteiger partial charge on any atom is 4.00 e. The average molecular weight is 773 g/mol. The third kappa shape index (κ3) is 76.7. The summed E-state index contributed by atoms with van der Waals surface area (Å²) in [5.41, 5.74) is 0. The van der Waals surface area contributed by atoms with Crippen LogP contribution < -0.4 is 49.6 Å². The molecular weight excluding hydrogens is 718 g/mol. The third-order valence-electron chi connectivity index (χ3n) is 3.85. The molecule has 0 fully saturated rings.